The molecule has 3 aromatic rings. The van der Waals surface area contributed by atoms with E-state index in [4.69, 9.17) is 9.47 Å². The molecule has 6 nitrogen and oxygen atoms in total. The van der Waals surface area contributed by atoms with Crippen LogP contribution in [0.25, 0.3) is 21.7 Å². The van der Waals surface area contributed by atoms with Crippen LogP contribution in [0, 0.1) is 0 Å². The summed E-state index contributed by atoms with van der Waals surface area (Å²) in [4.78, 5) is 16.5. The zero-order chi connectivity index (χ0) is 26.6. The lowest BCUT2D eigenvalue weighted by Crippen LogP contribution is -2.43. The third-order valence-electron chi connectivity index (χ3n) is 6.29. The van der Waals surface area contributed by atoms with Crippen LogP contribution in [0.15, 0.2) is 35.7 Å². The van der Waals surface area contributed by atoms with Gasteiger partial charge in [0.05, 0.1) is 25.2 Å². The van der Waals surface area contributed by atoms with Gasteiger partial charge in [0.1, 0.15) is 5.69 Å². The molecule has 36 heavy (non-hydrogen) atoms. The third kappa shape index (κ3) is 5.70. The number of carbonyl (C=O) groups excluding carboxylic acids is 1. The minimum Gasteiger partial charge on any atom is -0.493 e. The van der Waals surface area contributed by atoms with E-state index < -0.39 is 10.8 Å². The second kappa shape index (κ2) is 11.6. The molecule has 0 saturated heterocycles. The number of nitrogens with zero attached hydrogens (tertiary/aromatic N) is 2. The largest absolute Gasteiger partial charge is 0.493 e. The van der Waals surface area contributed by atoms with Gasteiger partial charge in [-0.2, -0.15) is 0 Å². The SMILES string of the molecule is CC.COc1cc2c(cc1OCCS(C)=O)-c1c(-c3cccs3)cc(C(=O)N(C)C(C)(C)C)n1CC2. The van der Waals surface area contributed by atoms with Crippen molar-refractivity contribution in [3.8, 4) is 33.2 Å². The number of amides is 1. The molecule has 1 aliphatic heterocycles. The van der Waals surface area contributed by atoms with Crippen LogP contribution in [-0.2, 0) is 23.8 Å². The molecule has 3 heterocycles. The molecule has 0 aliphatic carbocycles. The molecular formula is C28H38N2O4S2. The molecule has 8 heteroatoms. The minimum absolute atomic E-state index is 0.00964. The van der Waals surface area contributed by atoms with E-state index in [1.54, 1.807) is 29.6 Å². The van der Waals surface area contributed by atoms with Gasteiger partial charge in [-0.15, -0.1) is 11.3 Å². The van der Waals surface area contributed by atoms with Gasteiger partial charge in [-0.05, 0) is 62.4 Å². The smallest absolute Gasteiger partial charge is 0.270 e. The fourth-order valence-corrected chi connectivity index (χ4v) is 5.21. The van der Waals surface area contributed by atoms with E-state index in [2.05, 4.69) is 16.0 Å². The first-order chi connectivity index (χ1) is 17.1. The van der Waals surface area contributed by atoms with E-state index in [1.807, 2.05) is 65.9 Å². The van der Waals surface area contributed by atoms with E-state index in [1.165, 1.54) is 0 Å². The summed E-state index contributed by atoms with van der Waals surface area (Å²) in [6.07, 6.45) is 2.46. The van der Waals surface area contributed by atoms with E-state index >= 15 is 0 Å². The van der Waals surface area contributed by atoms with Crippen molar-refractivity contribution in [1.29, 1.82) is 0 Å². The fraction of sp³-hybridized carbons (Fsp3) is 0.464. The standard InChI is InChI=1S/C26H32N2O4S2.C2H6/c1-26(2,3)27(4)25(29)20-15-19(23-8-7-12-33-23)24-18-16-22(32-11-13-34(6)30)21(31-5)14-17(18)9-10-28(20)24;1-2/h7-8,12,14-16H,9-11,13H2,1-6H3;1-2H3. The number of methoxy groups -OCH3 is 1. The Morgan fingerprint density at radius 1 is 1.17 bits per heavy atom. The van der Waals surface area contributed by atoms with Gasteiger partial charge >= 0.3 is 0 Å². The van der Waals surface area contributed by atoms with Gasteiger partial charge in [0.25, 0.3) is 5.91 Å². The van der Waals surface area contributed by atoms with Crippen LogP contribution >= 0.6 is 11.3 Å². The van der Waals surface area contributed by atoms with Crippen LogP contribution in [0.2, 0.25) is 0 Å². The summed E-state index contributed by atoms with van der Waals surface area (Å²) in [5.41, 5.74) is 4.69. The lowest BCUT2D eigenvalue weighted by molar-refractivity contribution is 0.0644. The number of aryl methyl sites for hydroxylation is 1. The Balaban J connectivity index is 0.00000176. The maximum atomic E-state index is 13.6. The first-order valence-corrected chi connectivity index (χ1v) is 14.9. The number of thiophene rings is 1. The summed E-state index contributed by atoms with van der Waals surface area (Å²) in [6.45, 7) is 11.2. The van der Waals surface area contributed by atoms with Crippen LogP contribution in [0.1, 0.15) is 50.7 Å². The van der Waals surface area contributed by atoms with Crippen molar-refractivity contribution in [3.05, 3.63) is 47.0 Å². The summed E-state index contributed by atoms with van der Waals surface area (Å²) >= 11 is 1.66. The molecule has 1 aromatic carbocycles. The maximum absolute atomic E-state index is 13.6. The van der Waals surface area contributed by atoms with Crippen molar-refractivity contribution in [2.24, 2.45) is 0 Å². The monoisotopic (exact) mass is 530 g/mol. The Hall–Kier alpha value is -2.58. The van der Waals surface area contributed by atoms with Gasteiger partial charge in [-0.1, -0.05) is 19.9 Å². The predicted octanol–water partition coefficient (Wildman–Crippen LogP) is 6.10. The molecule has 0 spiro atoms. The van der Waals surface area contributed by atoms with Gasteiger partial charge in [-0.25, -0.2) is 0 Å². The highest BCUT2D eigenvalue weighted by molar-refractivity contribution is 7.84. The molecule has 2 aromatic heterocycles. The van der Waals surface area contributed by atoms with Crippen LogP contribution in [0.5, 0.6) is 11.5 Å². The van der Waals surface area contributed by atoms with E-state index in [-0.39, 0.29) is 11.4 Å². The number of hydrogen-bond donors (Lipinski definition) is 0. The maximum Gasteiger partial charge on any atom is 0.270 e. The lowest BCUT2D eigenvalue weighted by Gasteiger charge is -2.32. The highest BCUT2D eigenvalue weighted by Crippen LogP contribution is 2.45. The molecule has 1 unspecified atom stereocenters. The average molecular weight is 531 g/mol. The molecule has 1 amide bonds. The summed E-state index contributed by atoms with van der Waals surface area (Å²) in [6, 6.07) is 10.2. The summed E-state index contributed by atoms with van der Waals surface area (Å²) in [7, 11) is 2.56. The Morgan fingerprint density at radius 3 is 2.47 bits per heavy atom. The van der Waals surface area contributed by atoms with Crippen molar-refractivity contribution in [1.82, 2.24) is 9.47 Å². The number of fused-ring (bicyclic) bond motifs is 3. The van der Waals surface area contributed by atoms with Gasteiger partial charge in [0, 0.05) is 52.2 Å². The minimum atomic E-state index is -0.935. The molecule has 0 radical (unpaired) electrons. The summed E-state index contributed by atoms with van der Waals surface area (Å²) in [5.74, 6) is 1.75. The van der Waals surface area contributed by atoms with Crippen LogP contribution in [0.3, 0.4) is 0 Å². The molecular weight excluding hydrogens is 492 g/mol. The Kier molecular flexibility index (Phi) is 9.06. The second-order valence-electron chi connectivity index (χ2n) is 9.49. The molecule has 0 fully saturated rings. The summed E-state index contributed by atoms with van der Waals surface area (Å²) < 4.78 is 25.3. The van der Waals surface area contributed by atoms with Gasteiger partial charge in [0.15, 0.2) is 11.5 Å². The molecule has 1 atom stereocenters. The second-order valence-corrected chi connectivity index (χ2v) is 12.0. The van der Waals surface area contributed by atoms with Crippen LogP contribution in [-0.4, -0.2) is 57.9 Å². The Morgan fingerprint density at radius 2 is 1.89 bits per heavy atom. The lowest BCUT2D eigenvalue weighted by atomic mass is 9.95. The number of benzene rings is 1. The van der Waals surface area contributed by atoms with E-state index in [0.29, 0.717) is 36.1 Å². The van der Waals surface area contributed by atoms with E-state index in [0.717, 1.165) is 33.7 Å². The molecule has 0 bridgehead atoms. The zero-order valence-electron chi connectivity index (χ0n) is 22.6. The number of rotatable bonds is 7. The average Bonchev–Trinajstić information content (AvgIpc) is 3.51. The highest BCUT2D eigenvalue weighted by atomic mass is 32.2. The number of carbonyl (C=O) groups is 1. The van der Waals surface area contributed by atoms with Gasteiger partial charge in [-0.3, -0.25) is 9.00 Å². The molecule has 1 aliphatic rings. The molecule has 4 rings (SSSR count). The fourth-order valence-electron chi connectivity index (χ4n) is 4.15. The number of aromatic nitrogens is 1. The molecule has 196 valence electrons. The topological polar surface area (TPSA) is 60.8 Å². The first kappa shape index (κ1) is 28.0. The number of hydrogen-bond acceptors (Lipinski definition) is 5. The Bertz CT molecular complexity index is 1220. The van der Waals surface area contributed by atoms with Crippen molar-refractivity contribution >= 4 is 28.0 Å². The van der Waals surface area contributed by atoms with E-state index in [9.17, 15) is 9.00 Å². The molecule has 0 saturated carbocycles. The zero-order valence-corrected chi connectivity index (χ0v) is 24.3. The summed E-state index contributed by atoms with van der Waals surface area (Å²) in [5, 5.41) is 2.05. The van der Waals surface area contributed by atoms with Crippen LogP contribution in [0.4, 0.5) is 0 Å². The normalized spacial score (nSPS) is 13.1. The highest BCUT2D eigenvalue weighted by Gasteiger charge is 2.32. The van der Waals surface area contributed by atoms with Gasteiger partial charge in [0.2, 0.25) is 0 Å². The number of ether oxygens (including phenoxy) is 2. The third-order valence-corrected chi connectivity index (χ3v) is 7.94. The quantitative estimate of drug-likeness (QED) is 0.370. The van der Waals surface area contributed by atoms with Crippen molar-refractivity contribution in [2.75, 3.05) is 32.8 Å². The van der Waals surface area contributed by atoms with Crippen molar-refractivity contribution < 1.29 is 18.5 Å². The Labute approximate surface area is 221 Å². The predicted molar refractivity (Wildman–Crippen MR) is 151 cm³/mol. The van der Waals surface area contributed by atoms with Crippen LogP contribution < -0.4 is 9.47 Å². The molecule has 0 N–H and O–H groups in total. The first-order valence-electron chi connectivity index (χ1n) is 12.3. The van der Waals surface area contributed by atoms with Crippen molar-refractivity contribution in [3.63, 3.8) is 0 Å². The van der Waals surface area contributed by atoms with Crippen molar-refractivity contribution in [2.45, 2.75) is 53.1 Å². The van der Waals surface area contributed by atoms with Gasteiger partial charge < -0.3 is 18.9 Å².